The van der Waals surface area contributed by atoms with Gasteiger partial charge in [-0.3, -0.25) is 0 Å². The van der Waals surface area contributed by atoms with Crippen molar-refractivity contribution >= 4 is 27.5 Å². The van der Waals surface area contributed by atoms with E-state index < -0.39 is 0 Å². The molecule has 1 aliphatic carbocycles. The summed E-state index contributed by atoms with van der Waals surface area (Å²) in [5.74, 6) is 0.838. The summed E-state index contributed by atoms with van der Waals surface area (Å²) < 4.78 is 1.10. The highest BCUT2D eigenvalue weighted by atomic mass is 79.9. The summed E-state index contributed by atoms with van der Waals surface area (Å²) in [6, 6.07) is 6.72. The fourth-order valence-electron chi connectivity index (χ4n) is 2.88. The van der Waals surface area contributed by atoms with Crippen LogP contribution in [0.5, 0.6) is 0 Å². The first-order valence-corrected chi connectivity index (χ1v) is 8.05. The third-order valence-electron chi connectivity index (χ3n) is 4.00. The van der Waals surface area contributed by atoms with Gasteiger partial charge in [0.1, 0.15) is 0 Å². The van der Waals surface area contributed by atoms with Crippen LogP contribution in [0.15, 0.2) is 22.7 Å². The van der Waals surface area contributed by atoms with Gasteiger partial charge in [0.2, 0.25) is 0 Å². The maximum atomic E-state index is 6.22. The molecule has 0 aromatic heterocycles. The maximum absolute atomic E-state index is 6.22. The van der Waals surface area contributed by atoms with E-state index in [2.05, 4.69) is 34.2 Å². The van der Waals surface area contributed by atoms with E-state index in [0.29, 0.717) is 6.04 Å². The lowest BCUT2D eigenvalue weighted by Gasteiger charge is -2.31. The van der Waals surface area contributed by atoms with Crippen molar-refractivity contribution in [1.29, 1.82) is 0 Å². The van der Waals surface area contributed by atoms with Gasteiger partial charge >= 0.3 is 0 Å². The average molecular weight is 331 g/mol. The second-order valence-electron chi connectivity index (χ2n) is 5.18. The van der Waals surface area contributed by atoms with Crippen molar-refractivity contribution in [2.45, 2.75) is 51.6 Å². The van der Waals surface area contributed by atoms with Crippen molar-refractivity contribution < 1.29 is 0 Å². The number of hydrogen-bond donors (Lipinski definition) is 1. The van der Waals surface area contributed by atoms with Gasteiger partial charge in [-0.15, -0.1) is 0 Å². The van der Waals surface area contributed by atoms with Crippen LogP contribution >= 0.6 is 27.5 Å². The first kappa shape index (κ1) is 14.4. The van der Waals surface area contributed by atoms with Crippen molar-refractivity contribution in [3.8, 4) is 0 Å². The van der Waals surface area contributed by atoms with E-state index in [-0.39, 0.29) is 0 Å². The largest absolute Gasteiger partial charge is 0.310 e. The van der Waals surface area contributed by atoms with E-state index in [1.807, 2.05) is 12.1 Å². The van der Waals surface area contributed by atoms with E-state index in [9.17, 15) is 0 Å². The molecular formula is C15H21BrClN. The molecule has 2 rings (SSSR count). The molecule has 3 heteroatoms. The van der Waals surface area contributed by atoms with E-state index in [4.69, 9.17) is 11.6 Å². The van der Waals surface area contributed by atoms with Crippen LogP contribution in [0.4, 0.5) is 0 Å². The SMILES string of the molecule is CCC1CCCCC1NCc1cc(Br)ccc1Cl. The van der Waals surface area contributed by atoms with Crippen LogP contribution in [0.3, 0.4) is 0 Å². The number of hydrogen-bond acceptors (Lipinski definition) is 1. The Balaban J connectivity index is 1.95. The molecule has 0 bridgehead atoms. The van der Waals surface area contributed by atoms with Gasteiger partial charge in [0.05, 0.1) is 0 Å². The zero-order valence-electron chi connectivity index (χ0n) is 10.9. The number of halogens is 2. The normalized spacial score (nSPS) is 24.2. The van der Waals surface area contributed by atoms with Crippen LogP contribution in [0.25, 0.3) is 0 Å². The molecule has 0 saturated heterocycles. The highest BCUT2D eigenvalue weighted by Crippen LogP contribution is 2.28. The Morgan fingerprint density at radius 2 is 2.11 bits per heavy atom. The maximum Gasteiger partial charge on any atom is 0.0451 e. The second kappa shape index (κ2) is 6.93. The highest BCUT2D eigenvalue weighted by Gasteiger charge is 2.23. The van der Waals surface area contributed by atoms with Crippen LogP contribution in [0, 0.1) is 5.92 Å². The van der Waals surface area contributed by atoms with Gasteiger partial charge in [0.25, 0.3) is 0 Å². The molecule has 1 nitrogen and oxygen atoms in total. The molecule has 0 amide bonds. The predicted molar refractivity (Wildman–Crippen MR) is 82.0 cm³/mol. The highest BCUT2D eigenvalue weighted by molar-refractivity contribution is 9.10. The monoisotopic (exact) mass is 329 g/mol. The molecular weight excluding hydrogens is 310 g/mol. The summed E-state index contributed by atoms with van der Waals surface area (Å²) in [4.78, 5) is 0. The van der Waals surface area contributed by atoms with E-state index in [0.717, 1.165) is 22.0 Å². The quantitative estimate of drug-likeness (QED) is 0.804. The van der Waals surface area contributed by atoms with Crippen LogP contribution < -0.4 is 5.32 Å². The van der Waals surface area contributed by atoms with E-state index >= 15 is 0 Å². The zero-order chi connectivity index (χ0) is 13.0. The summed E-state index contributed by atoms with van der Waals surface area (Å²) in [5, 5.41) is 4.56. The molecule has 2 unspecified atom stereocenters. The van der Waals surface area contributed by atoms with Crippen molar-refractivity contribution in [2.24, 2.45) is 5.92 Å². The Bertz CT molecular complexity index is 394. The Labute approximate surface area is 123 Å². The van der Waals surface area contributed by atoms with Crippen LogP contribution in [0.1, 0.15) is 44.6 Å². The molecule has 18 heavy (non-hydrogen) atoms. The Hall–Kier alpha value is -0.0500. The minimum Gasteiger partial charge on any atom is -0.310 e. The number of rotatable bonds is 4. The molecule has 0 aliphatic heterocycles. The second-order valence-corrected chi connectivity index (χ2v) is 6.50. The van der Waals surface area contributed by atoms with Crippen molar-refractivity contribution in [1.82, 2.24) is 5.32 Å². The Morgan fingerprint density at radius 3 is 2.89 bits per heavy atom. The standard InChI is InChI=1S/C15H21BrClN/c1-2-11-5-3-4-6-15(11)18-10-12-9-13(16)7-8-14(12)17/h7-9,11,15,18H,2-6,10H2,1H3. The molecule has 1 aliphatic rings. The third kappa shape index (κ3) is 3.72. The predicted octanol–water partition coefficient (Wildman–Crippen LogP) is 5.16. The Kier molecular flexibility index (Phi) is 5.53. The molecule has 1 saturated carbocycles. The Morgan fingerprint density at radius 1 is 1.33 bits per heavy atom. The minimum absolute atomic E-state index is 0.666. The molecule has 0 spiro atoms. The van der Waals surface area contributed by atoms with Gasteiger partial charge in [-0.1, -0.05) is 53.7 Å². The van der Waals surface area contributed by atoms with Gasteiger partial charge in [-0.25, -0.2) is 0 Å². The molecule has 0 radical (unpaired) electrons. The van der Waals surface area contributed by atoms with Crippen molar-refractivity contribution in [3.63, 3.8) is 0 Å². The third-order valence-corrected chi connectivity index (χ3v) is 4.86. The van der Waals surface area contributed by atoms with Crippen molar-refractivity contribution in [3.05, 3.63) is 33.3 Å². The molecule has 1 N–H and O–H groups in total. The summed E-state index contributed by atoms with van der Waals surface area (Å²) >= 11 is 9.72. The molecule has 2 atom stereocenters. The summed E-state index contributed by atoms with van der Waals surface area (Å²) in [7, 11) is 0. The smallest absolute Gasteiger partial charge is 0.0451 e. The number of benzene rings is 1. The lowest BCUT2D eigenvalue weighted by atomic mass is 9.83. The van der Waals surface area contributed by atoms with E-state index in [1.54, 1.807) is 0 Å². The van der Waals surface area contributed by atoms with Gasteiger partial charge in [0.15, 0.2) is 0 Å². The molecule has 1 aromatic carbocycles. The van der Waals surface area contributed by atoms with Crippen LogP contribution in [-0.2, 0) is 6.54 Å². The summed E-state index contributed by atoms with van der Waals surface area (Å²) in [6.07, 6.45) is 6.73. The van der Waals surface area contributed by atoms with Crippen LogP contribution in [0.2, 0.25) is 5.02 Å². The molecule has 100 valence electrons. The molecule has 1 aromatic rings. The molecule has 0 heterocycles. The lowest BCUT2D eigenvalue weighted by Crippen LogP contribution is -2.37. The lowest BCUT2D eigenvalue weighted by molar-refractivity contribution is 0.254. The fourth-order valence-corrected chi connectivity index (χ4v) is 3.48. The topological polar surface area (TPSA) is 12.0 Å². The fraction of sp³-hybridized carbons (Fsp3) is 0.600. The van der Waals surface area contributed by atoms with Crippen molar-refractivity contribution in [2.75, 3.05) is 0 Å². The number of nitrogens with one attached hydrogen (secondary N) is 1. The zero-order valence-corrected chi connectivity index (χ0v) is 13.2. The van der Waals surface area contributed by atoms with Gasteiger partial charge in [-0.05, 0) is 42.5 Å². The molecule has 1 fully saturated rings. The van der Waals surface area contributed by atoms with Gasteiger partial charge in [-0.2, -0.15) is 0 Å². The summed E-state index contributed by atoms with van der Waals surface area (Å²) in [6.45, 7) is 3.18. The summed E-state index contributed by atoms with van der Waals surface area (Å²) in [5.41, 5.74) is 1.19. The van der Waals surface area contributed by atoms with Crippen LogP contribution in [-0.4, -0.2) is 6.04 Å². The minimum atomic E-state index is 0.666. The van der Waals surface area contributed by atoms with Gasteiger partial charge in [0, 0.05) is 22.1 Å². The van der Waals surface area contributed by atoms with E-state index in [1.165, 1.54) is 37.7 Å². The average Bonchev–Trinajstić information content (AvgIpc) is 2.40. The van der Waals surface area contributed by atoms with Gasteiger partial charge < -0.3 is 5.32 Å². The first-order valence-electron chi connectivity index (χ1n) is 6.88. The first-order chi connectivity index (χ1) is 8.70.